The molecular formula is C36H45N3O3. The number of carbonyl (C=O) groups is 2. The molecule has 2 amide bonds. The van der Waals surface area contributed by atoms with Crippen LogP contribution in [0.15, 0.2) is 84.9 Å². The van der Waals surface area contributed by atoms with Gasteiger partial charge in [-0.3, -0.25) is 14.5 Å². The maximum absolute atomic E-state index is 13.3. The molecule has 0 saturated carbocycles. The van der Waals surface area contributed by atoms with Gasteiger partial charge >= 0.3 is 0 Å². The SMILES string of the molecule is CCCCCc1ccc(C(=O)N2CCN(CCN(CC=Cc3ccccc3OC)C(=O)Cc3ccccc3)CC2)cc1. The Bertz CT molecular complexity index is 1280. The van der Waals surface area contributed by atoms with Crippen LogP contribution in [0.25, 0.3) is 6.08 Å². The molecular weight excluding hydrogens is 522 g/mol. The largest absolute Gasteiger partial charge is 0.496 e. The van der Waals surface area contributed by atoms with Gasteiger partial charge in [0.2, 0.25) is 5.91 Å². The summed E-state index contributed by atoms with van der Waals surface area (Å²) in [5.74, 6) is 1.03. The number of carbonyl (C=O) groups excluding carboxylic acids is 2. The van der Waals surface area contributed by atoms with Gasteiger partial charge in [-0.15, -0.1) is 0 Å². The number of hydrogen-bond donors (Lipinski definition) is 0. The molecule has 6 nitrogen and oxygen atoms in total. The highest BCUT2D eigenvalue weighted by atomic mass is 16.5. The molecule has 0 spiro atoms. The molecule has 0 N–H and O–H groups in total. The number of aryl methyl sites for hydroxylation is 1. The van der Waals surface area contributed by atoms with Crippen LogP contribution < -0.4 is 4.74 Å². The summed E-state index contributed by atoms with van der Waals surface area (Å²) in [4.78, 5) is 32.7. The molecule has 4 rings (SSSR count). The lowest BCUT2D eigenvalue weighted by Crippen LogP contribution is -2.50. The van der Waals surface area contributed by atoms with Crippen LogP contribution >= 0.6 is 0 Å². The number of benzene rings is 3. The molecule has 3 aromatic rings. The highest BCUT2D eigenvalue weighted by Crippen LogP contribution is 2.19. The Balaban J connectivity index is 1.30. The van der Waals surface area contributed by atoms with Gasteiger partial charge in [-0.25, -0.2) is 0 Å². The van der Waals surface area contributed by atoms with E-state index in [0.717, 1.165) is 48.5 Å². The Hall–Kier alpha value is -3.90. The van der Waals surface area contributed by atoms with E-state index in [0.29, 0.717) is 32.6 Å². The van der Waals surface area contributed by atoms with Gasteiger partial charge in [0.15, 0.2) is 0 Å². The van der Waals surface area contributed by atoms with Crippen molar-refractivity contribution in [1.82, 2.24) is 14.7 Å². The molecule has 6 heteroatoms. The first-order valence-corrected chi connectivity index (χ1v) is 15.3. The van der Waals surface area contributed by atoms with Crippen LogP contribution in [0.2, 0.25) is 0 Å². The second-order valence-corrected chi connectivity index (χ2v) is 10.9. The fourth-order valence-corrected chi connectivity index (χ4v) is 5.32. The molecule has 0 bridgehead atoms. The van der Waals surface area contributed by atoms with E-state index >= 15 is 0 Å². The highest BCUT2D eigenvalue weighted by molar-refractivity contribution is 5.94. The Morgan fingerprint density at radius 2 is 1.57 bits per heavy atom. The average Bonchev–Trinajstić information content (AvgIpc) is 3.03. The van der Waals surface area contributed by atoms with Crippen LogP contribution in [0.1, 0.15) is 53.2 Å². The summed E-state index contributed by atoms with van der Waals surface area (Å²) in [6, 6.07) is 25.9. The van der Waals surface area contributed by atoms with Crippen LogP contribution in [0, 0.1) is 0 Å². The van der Waals surface area contributed by atoms with E-state index in [4.69, 9.17) is 4.74 Å². The summed E-state index contributed by atoms with van der Waals surface area (Å²) in [5, 5.41) is 0. The third-order valence-electron chi connectivity index (χ3n) is 7.93. The zero-order valence-corrected chi connectivity index (χ0v) is 25.2. The predicted molar refractivity (Wildman–Crippen MR) is 171 cm³/mol. The molecule has 3 aromatic carbocycles. The van der Waals surface area contributed by atoms with Gasteiger partial charge in [0, 0.05) is 56.9 Å². The van der Waals surface area contributed by atoms with Crippen molar-refractivity contribution in [1.29, 1.82) is 0 Å². The quantitative estimate of drug-likeness (QED) is 0.225. The number of methoxy groups -OCH3 is 1. The summed E-state index contributed by atoms with van der Waals surface area (Å²) in [6.45, 7) is 7.15. The van der Waals surface area contributed by atoms with Crippen molar-refractivity contribution in [3.63, 3.8) is 0 Å². The molecule has 42 heavy (non-hydrogen) atoms. The number of hydrogen-bond acceptors (Lipinski definition) is 4. The molecule has 0 aliphatic carbocycles. The van der Waals surface area contributed by atoms with Gasteiger partial charge in [-0.05, 0) is 42.2 Å². The minimum absolute atomic E-state index is 0.107. The maximum atomic E-state index is 13.3. The van der Waals surface area contributed by atoms with Crippen molar-refractivity contribution in [3.8, 4) is 5.75 Å². The minimum Gasteiger partial charge on any atom is -0.496 e. The summed E-state index contributed by atoms with van der Waals surface area (Å²) < 4.78 is 5.47. The van der Waals surface area contributed by atoms with Crippen molar-refractivity contribution in [2.24, 2.45) is 0 Å². The summed E-state index contributed by atoms with van der Waals surface area (Å²) in [5.41, 5.74) is 4.07. The second-order valence-electron chi connectivity index (χ2n) is 10.9. The summed E-state index contributed by atoms with van der Waals surface area (Å²) in [7, 11) is 1.67. The molecule has 0 aromatic heterocycles. The van der Waals surface area contributed by atoms with Gasteiger partial charge < -0.3 is 14.5 Å². The minimum atomic E-state index is 0.107. The van der Waals surface area contributed by atoms with Gasteiger partial charge in [0.1, 0.15) is 5.75 Å². The lowest BCUT2D eigenvalue weighted by Gasteiger charge is -2.36. The van der Waals surface area contributed by atoms with E-state index in [9.17, 15) is 9.59 Å². The predicted octanol–water partition coefficient (Wildman–Crippen LogP) is 5.97. The number of unbranched alkanes of at least 4 members (excludes halogenated alkanes) is 2. The topological polar surface area (TPSA) is 53.1 Å². The zero-order chi connectivity index (χ0) is 29.6. The van der Waals surface area contributed by atoms with Gasteiger partial charge in [0.05, 0.1) is 13.5 Å². The molecule has 0 unspecified atom stereocenters. The van der Waals surface area contributed by atoms with Crippen LogP contribution in [0.3, 0.4) is 0 Å². The summed E-state index contributed by atoms with van der Waals surface area (Å²) in [6.07, 6.45) is 9.15. The first-order chi connectivity index (χ1) is 20.6. The first kappa shape index (κ1) is 31.0. The van der Waals surface area contributed by atoms with E-state index in [1.165, 1.54) is 24.8 Å². The molecule has 1 aliphatic heterocycles. The number of para-hydroxylation sites is 1. The molecule has 1 saturated heterocycles. The number of nitrogens with zero attached hydrogens (tertiary/aromatic N) is 3. The third-order valence-corrected chi connectivity index (χ3v) is 7.93. The highest BCUT2D eigenvalue weighted by Gasteiger charge is 2.23. The van der Waals surface area contributed by atoms with Crippen LogP contribution in [0.4, 0.5) is 0 Å². The maximum Gasteiger partial charge on any atom is 0.253 e. The molecule has 0 atom stereocenters. The molecule has 1 aliphatic rings. The van der Waals surface area contributed by atoms with E-state index in [-0.39, 0.29) is 11.8 Å². The van der Waals surface area contributed by atoms with E-state index < -0.39 is 0 Å². The van der Waals surface area contributed by atoms with E-state index in [1.54, 1.807) is 7.11 Å². The number of ether oxygens (including phenoxy) is 1. The zero-order valence-electron chi connectivity index (χ0n) is 25.2. The van der Waals surface area contributed by atoms with Crippen molar-refractivity contribution in [3.05, 3.63) is 107 Å². The number of piperazine rings is 1. The van der Waals surface area contributed by atoms with Crippen LogP contribution in [-0.2, 0) is 17.6 Å². The smallest absolute Gasteiger partial charge is 0.253 e. The molecule has 1 fully saturated rings. The lowest BCUT2D eigenvalue weighted by molar-refractivity contribution is -0.130. The van der Waals surface area contributed by atoms with E-state index in [2.05, 4.69) is 24.0 Å². The standard InChI is InChI=1S/C36H45N3O3/c1-3-4-6-12-30-18-20-33(21-19-30)36(41)39-27-24-37(25-28-39)23-26-38(35(40)29-31-13-7-5-8-14-31)22-11-16-32-15-9-10-17-34(32)42-2/h5,7-11,13-21H,3-4,6,12,22-29H2,1-2H3. The normalized spacial score (nSPS) is 13.8. The van der Waals surface area contributed by atoms with Crippen LogP contribution in [0.5, 0.6) is 5.75 Å². The van der Waals surface area contributed by atoms with Crippen molar-refractivity contribution < 1.29 is 14.3 Å². The van der Waals surface area contributed by atoms with Gasteiger partial charge in [-0.2, -0.15) is 0 Å². The second kappa shape index (κ2) is 16.5. The monoisotopic (exact) mass is 567 g/mol. The fraction of sp³-hybridized carbons (Fsp3) is 0.389. The first-order valence-electron chi connectivity index (χ1n) is 15.3. The number of rotatable bonds is 14. The van der Waals surface area contributed by atoms with Crippen LogP contribution in [-0.4, -0.2) is 79.4 Å². The Morgan fingerprint density at radius 3 is 2.29 bits per heavy atom. The van der Waals surface area contributed by atoms with Gasteiger partial charge in [0.25, 0.3) is 5.91 Å². The van der Waals surface area contributed by atoms with Gasteiger partial charge in [-0.1, -0.05) is 92.6 Å². The Labute approximate surface area is 251 Å². The number of amides is 2. The van der Waals surface area contributed by atoms with Crippen molar-refractivity contribution in [2.75, 3.05) is 52.9 Å². The van der Waals surface area contributed by atoms with E-state index in [1.807, 2.05) is 88.7 Å². The molecule has 1 heterocycles. The molecule has 0 radical (unpaired) electrons. The average molecular weight is 568 g/mol. The lowest BCUT2D eigenvalue weighted by atomic mass is 10.0. The third kappa shape index (κ3) is 9.31. The van der Waals surface area contributed by atoms with Crippen molar-refractivity contribution >= 4 is 17.9 Å². The fourth-order valence-electron chi connectivity index (χ4n) is 5.32. The Morgan fingerprint density at radius 1 is 0.857 bits per heavy atom. The Kier molecular flexibility index (Phi) is 12.2. The molecule has 222 valence electrons. The van der Waals surface area contributed by atoms with Crippen molar-refractivity contribution in [2.45, 2.75) is 39.0 Å². The summed E-state index contributed by atoms with van der Waals surface area (Å²) >= 11 is 0.